The Labute approximate surface area is 95.9 Å². The molecule has 0 unspecified atom stereocenters. The van der Waals surface area contributed by atoms with Crippen LogP contribution in [0.25, 0.3) is 11.3 Å². The molecule has 0 atom stereocenters. The lowest BCUT2D eigenvalue weighted by atomic mass is 10.2. The van der Waals surface area contributed by atoms with Crippen LogP contribution < -0.4 is 0 Å². The number of halogens is 1. The quantitative estimate of drug-likeness (QED) is 0.904. The van der Waals surface area contributed by atoms with Crippen molar-refractivity contribution in [3.05, 3.63) is 40.8 Å². The number of hydrogen-bond acceptors (Lipinski definition) is 2. The largest absolute Gasteiger partial charge is 0.341 e. The van der Waals surface area contributed by atoms with Crippen LogP contribution in [0.3, 0.4) is 0 Å². The molecule has 0 spiro atoms. The Hall–Kier alpha value is -1.60. The summed E-state index contributed by atoms with van der Waals surface area (Å²) in [6.45, 7) is 0. The van der Waals surface area contributed by atoms with E-state index in [0.29, 0.717) is 12.2 Å². The van der Waals surface area contributed by atoms with Gasteiger partial charge in [-0.15, -0.1) is 0 Å². The zero-order chi connectivity index (χ0) is 10.7. The van der Waals surface area contributed by atoms with E-state index in [1.54, 1.807) is 6.20 Å². The van der Waals surface area contributed by atoms with Crippen molar-refractivity contribution >= 4 is 15.9 Å². The number of nitriles is 1. The van der Waals surface area contributed by atoms with Crippen molar-refractivity contribution in [2.75, 3.05) is 0 Å². The zero-order valence-corrected chi connectivity index (χ0v) is 9.45. The summed E-state index contributed by atoms with van der Waals surface area (Å²) in [5, 5.41) is 8.53. The van der Waals surface area contributed by atoms with Gasteiger partial charge in [0.05, 0.1) is 24.4 Å². The van der Waals surface area contributed by atoms with E-state index in [0.717, 1.165) is 15.7 Å². The molecule has 0 saturated carbocycles. The Morgan fingerprint density at radius 3 is 2.93 bits per heavy atom. The normalized spacial score (nSPS) is 9.87. The van der Waals surface area contributed by atoms with Crippen molar-refractivity contribution in [2.24, 2.45) is 0 Å². The van der Waals surface area contributed by atoms with Gasteiger partial charge in [-0.25, -0.2) is 4.98 Å². The maximum absolute atomic E-state index is 8.53. The van der Waals surface area contributed by atoms with E-state index in [2.05, 4.69) is 32.0 Å². The van der Waals surface area contributed by atoms with Crippen LogP contribution in [0, 0.1) is 11.3 Å². The first-order chi connectivity index (χ1) is 7.31. The highest BCUT2D eigenvalue weighted by atomic mass is 79.9. The number of benzene rings is 1. The molecule has 1 aromatic carbocycles. The van der Waals surface area contributed by atoms with Crippen LogP contribution in [0.5, 0.6) is 0 Å². The summed E-state index contributed by atoms with van der Waals surface area (Å²) in [6, 6.07) is 9.95. The molecule has 4 heteroatoms. The third-order valence-electron chi connectivity index (χ3n) is 2.04. The lowest BCUT2D eigenvalue weighted by molar-refractivity contribution is 1.06. The fourth-order valence-corrected chi connectivity index (χ4v) is 1.84. The van der Waals surface area contributed by atoms with E-state index in [9.17, 15) is 0 Å². The summed E-state index contributed by atoms with van der Waals surface area (Å²) < 4.78 is 1.01. The second kappa shape index (κ2) is 4.28. The maximum Gasteiger partial charge on any atom is 0.120 e. The Kier molecular flexibility index (Phi) is 2.84. The van der Waals surface area contributed by atoms with Gasteiger partial charge < -0.3 is 4.98 Å². The Morgan fingerprint density at radius 1 is 1.40 bits per heavy atom. The molecule has 3 nitrogen and oxygen atoms in total. The molecule has 74 valence electrons. The predicted molar refractivity (Wildman–Crippen MR) is 61.0 cm³/mol. The zero-order valence-electron chi connectivity index (χ0n) is 7.87. The molecule has 2 aromatic rings. The fourth-order valence-electron chi connectivity index (χ4n) is 1.34. The van der Waals surface area contributed by atoms with Crippen LogP contribution in [-0.4, -0.2) is 9.97 Å². The Morgan fingerprint density at radius 2 is 2.20 bits per heavy atom. The minimum Gasteiger partial charge on any atom is -0.341 e. The van der Waals surface area contributed by atoms with E-state index < -0.39 is 0 Å². The third-order valence-corrected chi connectivity index (χ3v) is 2.73. The molecule has 0 amide bonds. The van der Waals surface area contributed by atoms with Crippen LogP contribution in [-0.2, 0) is 6.42 Å². The number of aromatic amines is 1. The van der Waals surface area contributed by atoms with Crippen molar-refractivity contribution in [3.63, 3.8) is 0 Å². The van der Waals surface area contributed by atoms with Gasteiger partial charge in [0.2, 0.25) is 0 Å². The summed E-state index contributed by atoms with van der Waals surface area (Å²) in [6.07, 6.45) is 2.05. The summed E-state index contributed by atoms with van der Waals surface area (Å²) in [5.74, 6) is 0.697. The van der Waals surface area contributed by atoms with Crippen molar-refractivity contribution < 1.29 is 0 Å². The topological polar surface area (TPSA) is 52.5 Å². The predicted octanol–water partition coefficient (Wildman–Crippen LogP) is 2.91. The highest BCUT2D eigenvalue weighted by molar-refractivity contribution is 9.10. The van der Waals surface area contributed by atoms with Gasteiger partial charge >= 0.3 is 0 Å². The van der Waals surface area contributed by atoms with E-state index >= 15 is 0 Å². The van der Waals surface area contributed by atoms with Crippen molar-refractivity contribution in [3.8, 4) is 17.3 Å². The third kappa shape index (κ3) is 2.08. The smallest absolute Gasteiger partial charge is 0.120 e. The molecule has 0 aliphatic carbocycles. The Bertz CT molecular complexity index is 511. The van der Waals surface area contributed by atoms with Gasteiger partial charge in [0.15, 0.2) is 0 Å². The highest BCUT2D eigenvalue weighted by Gasteiger charge is 2.05. The monoisotopic (exact) mass is 261 g/mol. The number of rotatable bonds is 2. The van der Waals surface area contributed by atoms with Gasteiger partial charge in [0, 0.05) is 10.0 Å². The van der Waals surface area contributed by atoms with Gasteiger partial charge in [-0.2, -0.15) is 5.26 Å². The second-order valence-corrected chi connectivity index (χ2v) is 3.91. The summed E-state index contributed by atoms with van der Waals surface area (Å²) in [7, 11) is 0. The number of hydrogen-bond donors (Lipinski definition) is 1. The standard InChI is InChI=1S/C11H8BrN3/c12-9-4-2-1-3-8(9)10-7-14-11(15-10)5-6-13/h1-4,7H,5H2,(H,14,15). The van der Waals surface area contributed by atoms with Gasteiger partial charge in [0.25, 0.3) is 0 Å². The molecule has 0 fully saturated rings. The fraction of sp³-hybridized carbons (Fsp3) is 0.0909. The average Bonchev–Trinajstić information content (AvgIpc) is 2.68. The van der Waals surface area contributed by atoms with Crippen LogP contribution in [0.15, 0.2) is 34.9 Å². The van der Waals surface area contributed by atoms with Crippen molar-refractivity contribution in [2.45, 2.75) is 6.42 Å². The second-order valence-electron chi connectivity index (χ2n) is 3.06. The highest BCUT2D eigenvalue weighted by Crippen LogP contribution is 2.26. The van der Waals surface area contributed by atoms with Crippen LogP contribution in [0.1, 0.15) is 5.82 Å². The lowest BCUT2D eigenvalue weighted by Gasteiger charge is -1.99. The van der Waals surface area contributed by atoms with Crippen molar-refractivity contribution in [1.82, 2.24) is 9.97 Å². The number of aromatic nitrogens is 2. The van der Waals surface area contributed by atoms with Gasteiger partial charge in [-0.1, -0.05) is 34.1 Å². The molecule has 0 saturated heterocycles. The molecule has 1 aromatic heterocycles. The van der Waals surface area contributed by atoms with Crippen LogP contribution >= 0.6 is 15.9 Å². The first kappa shape index (κ1) is 9.94. The van der Waals surface area contributed by atoms with E-state index in [1.807, 2.05) is 24.3 Å². The van der Waals surface area contributed by atoms with Crippen LogP contribution in [0.2, 0.25) is 0 Å². The van der Waals surface area contributed by atoms with Gasteiger partial charge in [0.1, 0.15) is 5.82 Å². The van der Waals surface area contributed by atoms with E-state index in [1.165, 1.54) is 0 Å². The molecular formula is C11H8BrN3. The van der Waals surface area contributed by atoms with Gasteiger partial charge in [-0.05, 0) is 6.07 Å². The average molecular weight is 262 g/mol. The number of nitrogens with one attached hydrogen (secondary N) is 1. The van der Waals surface area contributed by atoms with Gasteiger partial charge in [-0.3, -0.25) is 0 Å². The SMILES string of the molecule is N#CCc1ncc(-c2ccccc2Br)[nH]1. The number of H-pyrrole nitrogens is 1. The molecule has 2 rings (SSSR count). The molecular weight excluding hydrogens is 254 g/mol. The van der Waals surface area contributed by atoms with E-state index in [4.69, 9.17) is 5.26 Å². The molecule has 1 N–H and O–H groups in total. The first-order valence-corrected chi connectivity index (χ1v) is 5.26. The number of imidazole rings is 1. The number of nitrogens with zero attached hydrogens (tertiary/aromatic N) is 2. The minimum absolute atomic E-state index is 0.310. The molecule has 0 bridgehead atoms. The summed E-state index contributed by atoms with van der Waals surface area (Å²) in [4.78, 5) is 7.23. The van der Waals surface area contributed by atoms with Crippen molar-refractivity contribution in [1.29, 1.82) is 5.26 Å². The first-order valence-electron chi connectivity index (χ1n) is 4.47. The lowest BCUT2D eigenvalue weighted by Crippen LogP contribution is -1.84. The van der Waals surface area contributed by atoms with Crippen LogP contribution in [0.4, 0.5) is 0 Å². The summed E-state index contributed by atoms with van der Waals surface area (Å²) in [5.41, 5.74) is 1.97. The minimum atomic E-state index is 0.310. The molecule has 15 heavy (non-hydrogen) atoms. The Balaban J connectivity index is 2.38. The maximum atomic E-state index is 8.53. The molecule has 0 aliphatic rings. The molecule has 0 aliphatic heterocycles. The van der Waals surface area contributed by atoms with E-state index in [-0.39, 0.29) is 0 Å². The summed E-state index contributed by atoms with van der Waals surface area (Å²) >= 11 is 3.47. The molecule has 0 radical (unpaired) electrons. The molecule has 1 heterocycles.